The van der Waals surface area contributed by atoms with Crippen molar-refractivity contribution >= 4 is 30.8 Å². The van der Waals surface area contributed by atoms with Gasteiger partial charge in [-0.1, -0.05) is 6.08 Å². The Kier molecular flexibility index (Phi) is 6.12. The van der Waals surface area contributed by atoms with E-state index in [9.17, 15) is 9.59 Å². The average Bonchev–Trinajstić information content (AvgIpc) is 2.72. The summed E-state index contributed by atoms with van der Waals surface area (Å²) in [6.45, 7) is 13.0. The second-order valence-corrected chi connectivity index (χ2v) is 7.77. The second kappa shape index (κ2) is 7.82. The van der Waals surface area contributed by atoms with E-state index in [0.717, 1.165) is 16.7 Å². The third-order valence-electron chi connectivity index (χ3n) is 4.87. The van der Waals surface area contributed by atoms with Gasteiger partial charge in [-0.05, 0) is 57.8 Å². The van der Waals surface area contributed by atoms with Gasteiger partial charge in [0.1, 0.15) is 5.82 Å². The van der Waals surface area contributed by atoms with Crippen molar-refractivity contribution in [2.75, 3.05) is 11.9 Å². The summed E-state index contributed by atoms with van der Waals surface area (Å²) in [5.41, 5.74) is 1.45. The minimum Gasteiger partial charge on any atom is -0.400 e. The number of nitrogens with one attached hydrogen (secondary N) is 2. The molecule has 0 bridgehead atoms. The normalized spacial score (nSPS) is 18.3. The topological polar surface area (TPSA) is 89.6 Å². The summed E-state index contributed by atoms with van der Waals surface area (Å²) in [7, 11) is -0.573. The van der Waals surface area contributed by atoms with Gasteiger partial charge in [0, 0.05) is 26.1 Å². The minimum atomic E-state index is -0.573. The lowest BCUT2D eigenvalue weighted by atomic mass is 9.77. The molecule has 146 valence electrons. The van der Waals surface area contributed by atoms with Crippen LogP contribution < -0.4 is 10.6 Å². The lowest BCUT2D eigenvalue weighted by molar-refractivity contribution is -0.118. The van der Waals surface area contributed by atoms with Crippen molar-refractivity contribution in [1.82, 2.24) is 10.3 Å². The van der Waals surface area contributed by atoms with E-state index in [1.807, 2.05) is 46.8 Å². The molecule has 2 rings (SSSR count). The van der Waals surface area contributed by atoms with Crippen LogP contribution in [0.25, 0.3) is 6.08 Å². The fraction of sp³-hybridized carbons (Fsp3) is 0.526. The number of amides is 2. The Morgan fingerprint density at radius 1 is 1.11 bits per heavy atom. The van der Waals surface area contributed by atoms with Gasteiger partial charge in [-0.25, -0.2) is 4.98 Å². The van der Waals surface area contributed by atoms with Crippen LogP contribution in [0.2, 0.25) is 0 Å². The Morgan fingerprint density at radius 3 is 2.19 bits per heavy atom. The van der Waals surface area contributed by atoms with Crippen molar-refractivity contribution in [3.63, 3.8) is 0 Å². The number of nitrogens with zero attached hydrogens (tertiary/aromatic N) is 1. The van der Waals surface area contributed by atoms with Crippen LogP contribution in [0.3, 0.4) is 0 Å². The van der Waals surface area contributed by atoms with Crippen LogP contribution in [0, 0.1) is 6.92 Å². The molecule has 1 fully saturated rings. The Balaban J connectivity index is 2.34. The molecule has 2 heterocycles. The molecule has 0 aromatic carbocycles. The Labute approximate surface area is 161 Å². The summed E-state index contributed by atoms with van der Waals surface area (Å²) in [4.78, 5) is 27.0. The van der Waals surface area contributed by atoms with Gasteiger partial charge < -0.3 is 19.9 Å². The third-order valence-corrected chi connectivity index (χ3v) is 4.87. The molecular formula is C19H28BN3O4. The number of carbonyl (C=O) groups is 2. The monoisotopic (exact) mass is 373 g/mol. The van der Waals surface area contributed by atoms with E-state index in [2.05, 4.69) is 15.6 Å². The lowest BCUT2D eigenvalue weighted by Crippen LogP contribution is -2.41. The average molecular weight is 373 g/mol. The highest BCUT2D eigenvalue weighted by Gasteiger charge is 2.52. The standard InChI is InChI=1S/C19H28BN3O4/c1-12-15(8-9-17(22-12)23-14(3)25)10-16(11-21-13(2)24)20-26-18(4,5)19(6,7)27-20/h8-10H,11H2,1-7H3,(H,21,24)(H,22,23,25). The number of rotatable bonds is 5. The SMILES string of the molecule is CC(=O)NCC(=Cc1ccc(NC(C)=O)nc1C)B1OC(C)(C)C(C)(C)O1. The van der Waals surface area contributed by atoms with Crippen LogP contribution in [0.5, 0.6) is 0 Å². The maximum absolute atomic E-state index is 11.4. The van der Waals surface area contributed by atoms with E-state index in [-0.39, 0.29) is 11.8 Å². The summed E-state index contributed by atoms with van der Waals surface area (Å²) < 4.78 is 12.3. The molecule has 0 atom stereocenters. The van der Waals surface area contributed by atoms with Gasteiger partial charge in [0.15, 0.2) is 0 Å². The molecule has 1 saturated heterocycles. The largest absolute Gasteiger partial charge is 0.492 e. The smallest absolute Gasteiger partial charge is 0.400 e. The first-order chi connectivity index (χ1) is 12.4. The van der Waals surface area contributed by atoms with E-state index in [4.69, 9.17) is 9.31 Å². The zero-order chi connectivity index (χ0) is 20.4. The number of anilines is 1. The quantitative estimate of drug-likeness (QED) is 0.774. The summed E-state index contributed by atoms with van der Waals surface area (Å²) >= 11 is 0. The van der Waals surface area contributed by atoms with Crippen molar-refractivity contribution in [3.05, 3.63) is 28.9 Å². The number of hydrogen-bond acceptors (Lipinski definition) is 5. The fourth-order valence-electron chi connectivity index (χ4n) is 2.60. The van der Waals surface area contributed by atoms with Crippen molar-refractivity contribution in [3.8, 4) is 0 Å². The second-order valence-electron chi connectivity index (χ2n) is 7.77. The predicted molar refractivity (Wildman–Crippen MR) is 106 cm³/mol. The number of aryl methyl sites for hydroxylation is 1. The van der Waals surface area contributed by atoms with Gasteiger partial charge >= 0.3 is 7.12 Å². The van der Waals surface area contributed by atoms with Crippen molar-refractivity contribution in [2.24, 2.45) is 0 Å². The van der Waals surface area contributed by atoms with Gasteiger partial charge in [0.2, 0.25) is 11.8 Å². The molecule has 27 heavy (non-hydrogen) atoms. The molecule has 8 heteroatoms. The highest BCUT2D eigenvalue weighted by molar-refractivity contribution is 6.56. The molecule has 0 aliphatic carbocycles. The Morgan fingerprint density at radius 2 is 1.70 bits per heavy atom. The van der Waals surface area contributed by atoms with Gasteiger partial charge in [-0.15, -0.1) is 0 Å². The summed E-state index contributed by atoms with van der Waals surface area (Å²) in [5.74, 6) is 0.193. The molecule has 7 nitrogen and oxygen atoms in total. The molecule has 1 aromatic rings. The van der Waals surface area contributed by atoms with Gasteiger partial charge in [-0.2, -0.15) is 0 Å². The number of hydrogen-bond donors (Lipinski definition) is 2. The van der Waals surface area contributed by atoms with Crippen LogP contribution in [0.4, 0.5) is 5.82 Å². The highest BCUT2D eigenvalue weighted by atomic mass is 16.7. The molecule has 1 aromatic heterocycles. The summed E-state index contributed by atoms with van der Waals surface area (Å²) in [6.07, 6.45) is 1.91. The summed E-state index contributed by atoms with van der Waals surface area (Å²) in [6, 6.07) is 3.60. The first-order valence-corrected chi connectivity index (χ1v) is 8.97. The number of aromatic nitrogens is 1. The molecule has 0 unspecified atom stereocenters. The zero-order valence-corrected chi connectivity index (χ0v) is 17.1. The van der Waals surface area contributed by atoms with Gasteiger partial charge in [-0.3, -0.25) is 9.59 Å². The van der Waals surface area contributed by atoms with Gasteiger partial charge in [0.05, 0.1) is 11.2 Å². The lowest BCUT2D eigenvalue weighted by Gasteiger charge is -2.32. The minimum absolute atomic E-state index is 0.131. The van der Waals surface area contributed by atoms with E-state index in [1.54, 1.807) is 6.07 Å². The fourth-order valence-corrected chi connectivity index (χ4v) is 2.60. The third kappa shape index (κ3) is 5.17. The first-order valence-electron chi connectivity index (χ1n) is 8.97. The molecule has 1 aliphatic heterocycles. The van der Waals surface area contributed by atoms with Crippen LogP contribution >= 0.6 is 0 Å². The Bertz CT molecular complexity index is 758. The first kappa shape index (κ1) is 21.1. The van der Waals surface area contributed by atoms with Crippen molar-refractivity contribution < 1.29 is 18.9 Å². The maximum atomic E-state index is 11.4. The summed E-state index contributed by atoms with van der Waals surface area (Å²) in [5, 5.41) is 5.48. The van der Waals surface area contributed by atoms with Crippen LogP contribution in [0.1, 0.15) is 52.8 Å². The van der Waals surface area contributed by atoms with Crippen LogP contribution in [-0.2, 0) is 18.9 Å². The van der Waals surface area contributed by atoms with E-state index in [0.29, 0.717) is 12.4 Å². The van der Waals surface area contributed by atoms with Crippen molar-refractivity contribution in [1.29, 1.82) is 0 Å². The molecule has 2 N–H and O–H groups in total. The Hall–Kier alpha value is -2.19. The van der Waals surface area contributed by atoms with E-state index in [1.165, 1.54) is 13.8 Å². The van der Waals surface area contributed by atoms with Crippen LogP contribution in [0.15, 0.2) is 17.6 Å². The number of pyridine rings is 1. The predicted octanol–water partition coefficient (Wildman–Crippen LogP) is 2.50. The maximum Gasteiger partial charge on any atom is 0.492 e. The van der Waals surface area contributed by atoms with Crippen molar-refractivity contribution in [2.45, 2.75) is 59.7 Å². The molecule has 2 amide bonds. The highest BCUT2D eigenvalue weighted by Crippen LogP contribution is 2.38. The van der Waals surface area contributed by atoms with Gasteiger partial charge in [0.25, 0.3) is 0 Å². The van der Waals surface area contributed by atoms with E-state index >= 15 is 0 Å². The molecule has 0 saturated carbocycles. The zero-order valence-electron chi connectivity index (χ0n) is 17.1. The molecule has 0 radical (unpaired) electrons. The van der Waals surface area contributed by atoms with Crippen LogP contribution in [-0.4, -0.2) is 41.7 Å². The van der Waals surface area contributed by atoms with E-state index < -0.39 is 18.3 Å². The molecule has 0 spiro atoms. The molecule has 1 aliphatic rings. The molecular weight excluding hydrogens is 345 g/mol. The number of carbonyl (C=O) groups excluding carboxylic acids is 2.